The molecule has 4 nitrogen and oxygen atoms in total. The molecule has 0 bridgehead atoms. The van der Waals surface area contributed by atoms with Gasteiger partial charge >= 0.3 is 12.1 Å². The van der Waals surface area contributed by atoms with Gasteiger partial charge in [0.05, 0.1) is 17.7 Å². The van der Waals surface area contributed by atoms with Crippen molar-refractivity contribution in [3.63, 3.8) is 0 Å². The Bertz CT molecular complexity index is 474. The van der Waals surface area contributed by atoms with Crippen molar-refractivity contribution < 1.29 is 27.8 Å². The molecule has 1 aromatic carbocycles. The number of anilines is 1. The third-order valence-corrected chi connectivity index (χ3v) is 2.85. The number of rotatable bonds is 6. The van der Waals surface area contributed by atoms with Gasteiger partial charge in [0.1, 0.15) is 0 Å². The van der Waals surface area contributed by atoms with Crippen molar-refractivity contribution in [2.24, 2.45) is 0 Å². The number of nitrogens with zero attached hydrogens (tertiary/aromatic N) is 1. The normalized spacial score (nSPS) is 11.4. The van der Waals surface area contributed by atoms with E-state index in [4.69, 9.17) is 9.84 Å². The number of aromatic carboxylic acids is 1. The van der Waals surface area contributed by atoms with E-state index in [1.807, 2.05) is 6.92 Å². The summed E-state index contributed by atoms with van der Waals surface area (Å²) in [5, 5.41) is 8.94. The number of benzene rings is 1. The molecule has 0 spiro atoms. The van der Waals surface area contributed by atoms with Crippen molar-refractivity contribution in [1.29, 1.82) is 0 Å². The molecule has 0 saturated carbocycles. The molecule has 0 saturated heterocycles. The van der Waals surface area contributed by atoms with Crippen LogP contribution < -0.4 is 4.90 Å². The molecule has 20 heavy (non-hydrogen) atoms. The highest BCUT2D eigenvalue weighted by Gasteiger charge is 2.35. The van der Waals surface area contributed by atoms with E-state index in [1.165, 1.54) is 13.2 Å². The predicted molar refractivity (Wildman–Crippen MR) is 68.2 cm³/mol. The van der Waals surface area contributed by atoms with Gasteiger partial charge in [0, 0.05) is 25.9 Å². The quantitative estimate of drug-likeness (QED) is 0.875. The highest BCUT2D eigenvalue weighted by Crippen LogP contribution is 2.34. The lowest BCUT2D eigenvalue weighted by molar-refractivity contribution is -0.138. The molecule has 0 heterocycles. The van der Waals surface area contributed by atoms with Gasteiger partial charge in [0.25, 0.3) is 0 Å². The van der Waals surface area contributed by atoms with E-state index in [0.717, 1.165) is 12.1 Å². The van der Waals surface area contributed by atoms with Crippen molar-refractivity contribution >= 4 is 11.7 Å². The number of halogens is 3. The average molecular weight is 291 g/mol. The minimum atomic E-state index is -4.68. The zero-order valence-corrected chi connectivity index (χ0v) is 11.2. The summed E-state index contributed by atoms with van der Waals surface area (Å²) in [5.74, 6) is -1.60. The second kappa shape index (κ2) is 6.60. The molecule has 112 valence electrons. The van der Waals surface area contributed by atoms with Crippen molar-refractivity contribution in [2.75, 3.05) is 31.7 Å². The summed E-state index contributed by atoms with van der Waals surface area (Å²) in [6, 6.07) is 3.12. The van der Waals surface area contributed by atoms with E-state index >= 15 is 0 Å². The van der Waals surface area contributed by atoms with Gasteiger partial charge in [-0.2, -0.15) is 13.2 Å². The first-order valence-corrected chi connectivity index (χ1v) is 5.99. The summed E-state index contributed by atoms with van der Waals surface area (Å²) in [4.78, 5) is 12.7. The fourth-order valence-electron chi connectivity index (χ4n) is 1.82. The number of hydrogen-bond acceptors (Lipinski definition) is 3. The largest absolute Gasteiger partial charge is 0.478 e. The van der Waals surface area contributed by atoms with Gasteiger partial charge in [-0.25, -0.2) is 4.79 Å². The maximum atomic E-state index is 12.7. The summed E-state index contributed by atoms with van der Waals surface area (Å²) in [6.07, 6.45) is -4.68. The van der Waals surface area contributed by atoms with Crippen LogP contribution in [0.2, 0.25) is 0 Å². The van der Waals surface area contributed by atoms with Crippen LogP contribution in [0.5, 0.6) is 0 Å². The molecule has 0 aliphatic rings. The summed E-state index contributed by atoms with van der Waals surface area (Å²) < 4.78 is 43.1. The van der Waals surface area contributed by atoms with Crippen LogP contribution in [0.1, 0.15) is 22.8 Å². The highest BCUT2D eigenvalue weighted by atomic mass is 19.4. The van der Waals surface area contributed by atoms with Crippen LogP contribution in [0.3, 0.4) is 0 Å². The Hall–Kier alpha value is -1.76. The lowest BCUT2D eigenvalue weighted by atomic mass is 10.1. The van der Waals surface area contributed by atoms with Crippen LogP contribution in [0, 0.1) is 0 Å². The van der Waals surface area contributed by atoms with Crippen LogP contribution in [0.25, 0.3) is 0 Å². The summed E-state index contributed by atoms with van der Waals surface area (Å²) in [6.45, 7) is 3.23. The molecule has 0 radical (unpaired) electrons. The number of carbonyl (C=O) groups is 1. The molecule has 1 aromatic rings. The summed E-state index contributed by atoms with van der Waals surface area (Å²) >= 11 is 0. The Labute approximate surface area is 114 Å². The Morgan fingerprint density at radius 2 is 2.05 bits per heavy atom. The zero-order valence-electron chi connectivity index (χ0n) is 11.2. The van der Waals surface area contributed by atoms with Gasteiger partial charge in [-0.1, -0.05) is 0 Å². The number of alkyl halides is 3. The Balaban J connectivity index is 3.19. The van der Waals surface area contributed by atoms with Gasteiger partial charge in [0.15, 0.2) is 0 Å². The van der Waals surface area contributed by atoms with Crippen LogP contribution in [-0.4, -0.2) is 37.9 Å². The van der Waals surface area contributed by atoms with Crippen LogP contribution >= 0.6 is 0 Å². The van der Waals surface area contributed by atoms with Gasteiger partial charge in [-0.3, -0.25) is 0 Å². The number of likely N-dealkylation sites (N-methyl/N-ethyl adjacent to an activating group) is 1. The van der Waals surface area contributed by atoms with E-state index in [9.17, 15) is 18.0 Å². The fraction of sp³-hybridized carbons (Fsp3) is 0.462. The second-order valence-electron chi connectivity index (χ2n) is 4.11. The van der Waals surface area contributed by atoms with E-state index in [-0.39, 0.29) is 0 Å². The van der Waals surface area contributed by atoms with Crippen LogP contribution in [0.15, 0.2) is 18.2 Å². The molecule has 0 amide bonds. The number of hydrogen-bond donors (Lipinski definition) is 1. The summed E-state index contributed by atoms with van der Waals surface area (Å²) in [7, 11) is 1.52. The van der Waals surface area contributed by atoms with Crippen LogP contribution in [-0.2, 0) is 10.9 Å². The molecule has 0 atom stereocenters. The zero-order chi connectivity index (χ0) is 15.3. The lowest BCUT2D eigenvalue weighted by Crippen LogP contribution is -2.27. The standard InChI is InChI=1S/C13H16F3NO3/c1-3-17(6-7-20-2)9-4-5-11(13(14,15)16)10(8-9)12(18)19/h4-5,8H,3,6-7H2,1-2H3,(H,18,19). The highest BCUT2D eigenvalue weighted by molar-refractivity contribution is 5.91. The number of carboxylic acids is 1. The smallest absolute Gasteiger partial charge is 0.417 e. The fourth-order valence-corrected chi connectivity index (χ4v) is 1.82. The molecular weight excluding hydrogens is 275 g/mol. The SMILES string of the molecule is CCN(CCOC)c1ccc(C(F)(F)F)c(C(=O)O)c1. The molecule has 7 heteroatoms. The first-order valence-electron chi connectivity index (χ1n) is 5.99. The average Bonchev–Trinajstić information content (AvgIpc) is 2.38. The Kier molecular flexibility index (Phi) is 5.38. The molecule has 0 aliphatic carbocycles. The minimum absolute atomic E-state index is 0.400. The summed E-state index contributed by atoms with van der Waals surface area (Å²) in [5.41, 5.74) is -1.46. The molecule has 0 fully saturated rings. The third kappa shape index (κ3) is 3.86. The molecule has 0 aliphatic heterocycles. The number of carboxylic acid groups (broad SMARTS) is 1. The minimum Gasteiger partial charge on any atom is -0.478 e. The molecule has 0 aromatic heterocycles. The van der Waals surface area contributed by atoms with E-state index < -0.39 is 23.3 Å². The number of ether oxygens (including phenoxy) is 1. The monoisotopic (exact) mass is 291 g/mol. The number of methoxy groups -OCH3 is 1. The maximum absolute atomic E-state index is 12.7. The van der Waals surface area contributed by atoms with Crippen molar-refractivity contribution in [3.8, 4) is 0 Å². The van der Waals surface area contributed by atoms with E-state index in [2.05, 4.69) is 0 Å². The van der Waals surface area contributed by atoms with Crippen molar-refractivity contribution in [2.45, 2.75) is 13.1 Å². The Morgan fingerprint density at radius 3 is 2.50 bits per heavy atom. The first-order chi connectivity index (χ1) is 9.31. The topological polar surface area (TPSA) is 49.8 Å². The molecule has 0 unspecified atom stereocenters. The van der Waals surface area contributed by atoms with Crippen molar-refractivity contribution in [3.05, 3.63) is 29.3 Å². The van der Waals surface area contributed by atoms with E-state index in [1.54, 1.807) is 4.90 Å². The van der Waals surface area contributed by atoms with Crippen molar-refractivity contribution in [1.82, 2.24) is 0 Å². The van der Waals surface area contributed by atoms with Gasteiger partial charge in [-0.05, 0) is 25.1 Å². The van der Waals surface area contributed by atoms with Gasteiger partial charge in [-0.15, -0.1) is 0 Å². The predicted octanol–water partition coefficient (Wildman–Crippen LogP) is 2.88. The molecular formula is C13H16F3NO3. The van der Waals surface area contributed by atoms with Crippen LogP contribution in [0.4, 0.5) is 18.9 Å². The lowest BCUT2D eigenvalue weighted by Gasteiger charge is -2.24. The Morgan fingerprint density at radius 1 is 1.40 bits per heavy atom. The first kappa shape index (κ1) is 16.3. The van der Waals surface area contributed by atoms with Gasteiger partial charge in [0.2, 0.25) is 0 Å². The van der Waals surface area contributed by atoms with Gasteiger partial charge < -0.3 is 14.7 Å². The third-order valence-electron chi connectivity index (χ3n) is 2.85. The molecule has 1 rings (SSSR count). The maximum Gasteiger partial charge on any atom is 0.417 e. The molecule has 1 N–H and O–H groups in total. The second-order valence-corrected chi connectivity index (χ2v) is 4.11. The van der Waals surface area contributed by atoms with E-state index in [0.29, 0.717) is 25.4 Å².